The van der Waals surface area contributed by atoms with Gasteiger partial charge in [-0.15, -0.1) is 0 Å². The highest BCUT2D eigenvalue weighted by Crippen LogP contribution is 2.21. The van der Waals surface area contributed by atoms with E-state index in [0.717, 1.165) is 19.1 Å². The van der Waals surface area contributed by atoms with Crippen LogP contribution < -0.4 is 10.5 Å². The number of rotatable bonds is 5. The first-order chi connectivity index (χ1) is 6.77. The van der Waals surface area contributed by atoms with Crippen LogP contribution in [0, 0.1) is 0 Å². The second kappa shape index (κ2) is 5.27. The summed E-state index contributed by atoms with van der Waals surface area (Å²) in [5, 5.41) is 0. The van der Waals surface area contributed by atoms with Gasteiger partial charge in [0, 0.05) is 5.56 Å². The lowest BCUT2D eigenvalue weighted by atomic mass is 10.2. The number of hydrogen-bond acceptors (Lipinski definition) is 3. The largest absolute Gasteiger partial charge is 0.491 e. The number of nitrogen functional groups attached to an aromatic ring is 1. The van der Waals surface area contributed by atoms with Crippen molar-refractivity contribution in [1.29, 1.82) is 0 Å². The molecule has 0 saturated heterocycles. The summed E-state index contributed by atoms with van der Waals surface area (Å²) in [6.07, 6.45) is 2.87. The van der Waals surface area contributed by atoms with Crippen molar-refractivity contribution in [2.75, 3.05) is 12.3 Å². The molecule has 1 aromatic carbocycles. The number of carbonyl (C=O) groups excluding carboxylic acids is 1. The average molecular weight is 193 g/mol. The molecule has 0 aromatic heterocycles. The predicted molar refractivity (Wildman–Crippen MR) is 56.6 cm³/mol. The Bertz CT molecular complexity index is 310. The first-order valence-corrected chi connectivity index (χ1v) is 4.75. The van der Waals surface area contributed by atoms with Crippen LogP contribution >= 0.6 is 0 Å². The van der Waals surface area contributed by atoms with E-state index in [0.29, 0.717) is 23.6 Å². The molecular formula is C11H15NO2. The molecule has 1 aromatic rings. The van der Waals surface area contributed by atoms with Crippen molar-refractivity contribution in [2.45, 2.75) is 19.8 Å². The summed E-state index contributed by atoms with van der Waals surface area (Å²) in [4.78, 5) is 10.4. The van der Waals surface area contributed by atoms with E-state index in [9.17, 15) is 4.79 Å². The number of ether oxygens (including phenoxy) is 1. The normalized spacial score (nSPS) is 9.79. The van der Waals surface area contributed by atoms with Gasteiger partial charge in [-0.2, -0.15) is 0 Å². The number of carbonyl (C=O) groups is 1. The highest BCUT2D eigenvalue weighted by Gasteiger charge is 2.00. The lowest BCUT2D eigenvalue weighted by Gasteiger charge is -2.08. The summed E-state index contributed by atoms with van der Waals surface area (Å²) in [5.41, 5.74) is 6.79. The molecular weight excluding hydrogens is 178 g/mol. The predicted octanol–water partition coefficient (Wildman–Crippen LogP) is 2.26. The highest BCUT2D eigenvalue weighted by molar-refractivity contribution is 5.78. The van der Waals surface area contributed by atoms with Crippen molar-refractivity contribution < 1.29 is 9.53 Å². The molecule has 0 aliphatic carbocycles. The third-order valence-electron chi connectivity index (χ3n) is 1.93. The lowest BCUT2D eigenvalue weighted by Crippen LogP contribution is -2.00. The van der Waals surface area contributed by atoms with Gasteiger partial charge in [0.25, 0.3) is 0 Å². The summed E-state index contributed by atoms with van der Waals surface area (Å²) < 4.78 is 5.44. The molecule has 0 atom stereocenters. The molecule has 0 saturated carbocycles. The molecule has 0 radical (unpaired) electrons. The maximum absolute atomic E-state index is 10.4. The SMILES string of the molecule is CCCCOc1ccc(C=O)cc1N. The fourth-order valence-electron chi connectivity index (χ4n) is 1.10. The van der Waals surface area contributed by atoms with Crippen LogP contribution in [0.2, 0.25) is 0 Å². The van der Waals surface area contributed by atoms with Crippen molar-refractivity contribution in [3.8, 4) is 5.75 Å². The van der Waals surface area contributed by atoms with Crippen LogP contribution in [0.25, 0.3) is 0 Å². The maximum Gasteiger partial charge on any atom is 0.150 e. The molecule has 3 nitrogen and oxygen atoms in total. The van der Waals surface area contributed by atoms with Crippen LogP contribution in [-0.4, -0.2) is 12.9 Å². The van der Waals surface area contributed by atoms with Crippen molar-refractivity contribution in [1.82, 2.24) is 0 Å². The van der Waals surface area contributed by atoms with Gasteiger partial charge >= 0.3 is 0 Å². The molecule has 0 unspecified atom stereocenters. The summed E-state index contributed by atoms with van der Waals surface area (Å²) in [7, 11) is 0. The minimum atomic E-state index is 0.519. The van der Waals surface area contributed by atoms with Crippen LogP contribution in [0.1, 0.15) is 30.1 Å². The van der Waals surface area contributed by atoms with E-state index in [2.05, 4.69) is 6.92 Å². The van der Waals surface area contributed by atoms with E-state index in [-0.39, 0.29) is 0 Å². The summed E-state index contributed by atoms with van der Waals surface area (Å²) in [5.74, 6) is 0.657. The van der Waals surface area contributed by atoms with E-state index in [1.807, 2.05) is 0 Å². The lowest BCUT2D eigenvalue weighted by molar-refractivity contribution is 0.112. The van der Waals surface area contributed by atoms with Crippen molar-refractivity contribution in [3.05, 3.63) is 23.8 Å². The van der Waals surface area contributed by atoms with E-state index in [1.165, 1.54) is 0 Å². The van der Waals surface area contributed by atoms with Gasteiger partial charge in [0.05, 0.1) is 12.3 Å². The Kier molecular flexibility index (Phi) is 3.98. The molecule has 1 rings (SSSR count). The Labute approximate surface area is 83.9 Å². The molecule has 0 heterocycles. The monoisotopic (exact) mass is 193 g/mol. The van der Waals surface area contributed by atoms with E-state index < -0.39 is 0 Å². The maximum atomic E-state index is 10.4. The smallest absolute Gasteiger partial charge is 0.150 e. The molecule has 14 heavy (non-hydrogen) atoms. The second-order valence-corrected chi connectivity index (χ2v) is 3.12. The molecule has 0 fully saturated rings. The zero-order valence-corrected chi connectivity index (χ0v) is 8.32. The first-order valence-electron chi connectivity index (χ1n) is 4.75. The number of hydrogen-bond donors (Lipinski definition) is 1. The first kappa shape index (κ1) is 10.6. The average Bonchev–Trinajstić information content (AvgIpc) is 2.20. The molecule has 0 aliphatic rings. The summed E-state index contributed by atoms with van der Waals surface area (Å²) in [6, 6.07) is 5.05. The van der Waals surface area contributed by atoms with Gasteiger partial charge in [-0.1, -0.05) is 13.3 Å². The Morgan fingerprint density at radius 1 is 1.50 bits per heavy atom. The standard InChI is InChI=1S/C11H15NO2/c1-2-3-6-14-11-5-4-9(8-13)7-10(11)12/h4-5,7-8H,2-3,6,12H2,1H3. The number of aldehydes is 1. The van der Waals surface area contributed by atoms with Crippen LogP contribution in [0.15, 0.2) is 18.2 Å². The topological polar surface area (TPSA) is 52.3 Å². The number of unbranched alkanes of at least 4 members (excludes halogenated alkanes) is 1. The van der Waals surface area contributed by atoms with Gasteiger partial charge in [-0.3, -0.25) is 4.79 Å². The van der Waals surface area contributed by atoms with Crippen LogP contribution in [-0.2, 0) is 0 Å². The minimum absolute atomic E-state index is 0.519. The quantitative estimate of drug-likeness (QED) is 0.443. The Balaban J connectivity index is 2.64. The zero-order chi connectivity index (χ0) is 10.4. The molecule has 3 heteroatoms. The molecule has 0 amide bonds. The van der Waals surface area contributed by atoms with Gasteiger partial charge < -0.3 is 10.5 Å². The second-order valence-electron chi connectivity index (χ2n) is 3.12. The van der Waals surface area contributed by atoms with Gasteiger partial charge in [-0.05, 0) is 24.6 Å². The molecule has 0 spiro atoms. The minimum Gasteiger partial charge on any atom is -0.491 e. The Morgan fingerprint density at radius 3 is 2.86 bits per heavy atom. The van der Waals surface area contributed by atoms with Crippen LogP contribution in [0.5, 0.6) is 5.75 Å². The van der Waals surface area contributed by atoms with Gasteiger partial charge in [0.15, 0.2) is 0 Å². The van der Waals surface area contributed by atoms with E-state index in [1.54, 1.807) is 18.2 Å². The molecule has 76 valence electrons. The van der Waals surface area contributed by atoms with Crippen molar-refractivity contribution in [3.63, 3.8) is 0 Å². The highest BCUT2D eigenvalue weighted by atomic mass is 16.5. The van der Waals surface area contributed by atoms with Crippen LogP contribution in [0.4, 0.5) is 5.69 Å². The molecule has 0 aliphatic heterocycles. The van der Waals surface area contributed by atoms with E-state index in [4.69, 9.17) is 10.5 Å². The Morgan fingerprint density at radius 2 is 2.29 bits per heavy atom. The van der Waals surface area contributed by atoms with Crippen LogP contribution in [0.3, 0.4) is 0 Å². The number of anilines is 1. The molecule has 0 bridgehead atoms. The zero-order valence-electron chi connectivity index (χ0n) is 8.32. The van der Waals surface area contributed by atoms with Crippen molar-refractivity contribution >= 4 is 12.0 Å². The fourth-order valence-corrected chi connectivity index (χ4v) is 1.10. The van der Waals surface area contributed by atoms with E-state index >= 15 is 0 Å². The Hall–Kier alpha value is -1.51. The van der Waals surface area contributed by atoms with Gasteiger partial charge in [0.1, 0.15) is 12.0 Å². The number of benzene rings is 1. The third-order valence-corrected chi connectivity index (χ3v) is 1.93. The molecule has 2 N–H and O–H groups in total. The summed E-state index contributed by atoms with van der Waals surface area (Å²) in [6.45, 7) is 2.77. The van der Waals surface area contributed by atoms with Gasteiger partial charge in [-0.25, -0.2) is 0 Å². The third kappa shape index (κ3) is 2.76. The van der Waals surface area contributed by atoms with Gasteiger partial charge in [0.2, 0.25) is 0 Å². The van der Waals surface area contributed by atoms with Crippen molar-refractivity contribution in [2.24, 2.45) is 0 Å². The number of nitrogens with two attached hydrogens (primary N) is 1. The fraction of sp³-hybridized carbons (Fsp3) is 0.364. The summed E-state index contributed by atoms with van der Waals surface area (Å²) >= 11 is 0.